The molecule has 1 N–H and O–H groups in total. The lowest BCUT2D eigenvalue weighted by molar-refractivity contribution is -0.143. The van der Waals surface area contributed by atoms with E-state index in [9.17, 15) is 19.5 Å². The number of carbonyl (C=O) groups is 3. The fourth-order valence-electron chi connectivity index (χ4n) is 1.81. The molecule has 1 aromatic carbocycles. The summed E-state index contributed by atoms with van der Waals surface area (Å²) < 4.78 is 15.1. The van der Waals surface area contributed by atoms with Crippen molar-refractivity contribution in [2.45, 2.75) is 39.4 Å². The molecule has 0 unspecified atom stereocenters. The minimum atomic E-state index is -1.44. The normalized spacial score (nSPS) is 11.5. The standard InChI is InChI=1S/C19H24O7/c1-13(2)26-17(21)10-9-16(20)25-12-11-24-15-7-5-14(6-8-15)18(22)19(3,4)23/h5-10,13,23H,11-12H2,1-4H3/b10-9+. The fourth-order valence-corrected chi connectivity index (χ4v) is 1.81. The van der Waals surface area contributed by atoms with Crippen LogP contribution in [0.25, 0.3) is 0 Å². The van der Waals surface area contributed by atoms with E-state index < -0.39 is 17.5 Å². The Morgan fingerprint density at radius 2 is 1.62 bits per heavy atom. The fraction of sp³-hybridized carbons (Fsp3) is 0.421. The maximum atomic E-state index is 11.9. The van der Waals surface area contributed by atoms with Crippen LogP contribution in [-0.4, -0.2) is 47.7 Å². The lowest BCUT2D eigenvalue weighted by Crippen LogP contribution is -2.30. The van der Waals surface area contributed by atoms with E-state index in [1.165, 1.54) is 13.8 Å². The second-order valence-corrected chi connectivity index (χ2v) is 6.25. The van der Waals surface area contributed by atoms with Gasteiger partial charge in [0.2, 0.25) is 0 Å². The average molecular weight is 364 g/mol. The van der Waals surface area contributed by atoms with Crippen molar-refractivity contribution in [2.24, 2.45) is 0 Å². The molecule has 0 saturated heterocycles. The molecule has 0 fully saturated rings. The van der Waals surface area contributed by atoms with Crippen LogP contribution in [0.4, 0.5) is 0 Å². The van der Waals surface area contributed by atoms with Gasteiger partial charge in [-0.2, -0.15) is 0 Å². The Kier molecular flexibility index (Phi) is 7.99. The first-order valence-corrected chi connectivity index (χ1v) is 8.15. The third-order valence-corrected chi connectivity index (χ3v) is 2.98. The number of hydrogen-bond acceptors (Lipinski definition) is 7. The molecule has 1 rings (SSSR count). The Morgan fingerprint density at radius 3 is 2.15 bits per heavy atom. The Morgan fingerprint density at radius 1 is 1.04 bits per heavy atom. The largest absolute Gasteiger partial charge is 0.490 e. The van der Waals surface area contributed by atoms with Gasteiger partial charge in [-0.25, -0.2) is 9.59 Å². The van der Waals surface area contributed by atoms with Crippen molar-refractivity contribution in [1.82, 2.24) is 0 Å². The van der Waals surface area contributed by atoms with E-state index in [0.29, 0.717) is 11.3 Å². The number of carbonyl (C=O) groups excluding carboxylic acids is 3. The summed E-state index contributed by atoms with van der Waals surface area (Å²) in [6, 6.07) is 6.26. The van der Waals surface area contributed by atoms with Gasteiger partial charge in [0, 0.05) is 17.7 Å². The first kappa shape index (κ1) is 21.4. The molecule has 0 saturated carbocycles. The minimum Gasteiger partial charge on any atom is -0.490 e. The van der Waals surface area contributed by atoms with Crippen molar-refractivity contribution < 1.29 is 33.7 Å². The molecular weight excluding hydrogens is 340 g/mol. The molecule has 0 aliphatic carbocycles. The van der Waals surface area contributed by atoms with Gasteiger partial charge >= 0.3 is 11.9 Å². The number of rotatable bonds is 9. The summed E-state index contributed by atoms with van der Waals surface area (Å²) in [5.74, 6) is -1.19. The van der Waals surface area contributed by atoms with Crippen LogP contribution in [0.2, 0.25) is 0 Å². The number of esters is 2. The number of ether oxygens (including phenoxy) is 3. The van der Waals surface area contributed by atoms with E-state index in [1.54, 1.807) is 38.1 Å². The molecule has 0 aromatic heterocycles. The Labute approximate surface area is 152 Å². The number of ketones is 1. The van der Waals surface area contributed by atoms with Crippen LogP contribution in [0.1, 0.15) is 38.1 Å². The number of hydrogen-bond donors (Lipinski definition) is 1. The van der Waals surface area contributed by atoms with Gasteiger partial charge in [0.25, 0.3) is 0 Å². The van der Waals surface area contributed by atoms with Gasteiger partial charge in [-0.15, -0.1) is 0 Å². The Hall–Kier alpha value is -2.67. The minimum absolute atomic E-state index is 0.00719. The summed E-state index contributed by atoms with van der Waals surface area (Å²) in [5, 5.41) is 9.69. The molecule has 0 aliphatic rings. The second kappa shape index (κ2) is 9.72. The third-order valence-electron chi connectivity index (χ3n) is 2.98. The number of Topliss-reactive ketones (excluding diaryl/α,β-unsaturated/α-hetero) is 1. The molecule has 0 radical (unpaired) electrons. The topological polar surface area (TPSA) is 99.1 Å². The number of aliphatic hydroxyl groups is 1. The molecule has 0 spiro atoms. The lowest BCUT2D eigenvalue weighted by atomic mass is 9.97. The first-order valence-electron chi connectivity index (χ1n) is 8.15. The zero-order valence-corrected chi connectivity index (χ0v) is 15.4. The van der Waals surface area contributed by atoms with Crippen molar-refractivity contribution >= 4 is 17.7 Å². The van der Waals surface area contributed by atoms with Crippen LogP contribution in [-0.2, 0) is 19.1 Å². The summed E-state index contributed by atoms with van der Waals surface area (Å²) in [7, 11) is 0. The highest BCUT2D eigenvalue weighted by molar-refractivity contribution is 6.01. The monoisotopic (exact) mass is 364 g/mol. The molecule has 26 heavy (non-hydrogen) atoms. The zero-order chi connectivity index (χ0) is 19.7. The van der Waals surface area contributed by atoms with Crippen LogP contribution in [0.3, 0.4) is 0 Å². The van der Waals surface area contributed by atoms with Gasteiger partial charge in [-0.1, -0.05) is 0 Å². The van der Waals surface area contributed by atoms with Crippen LogP contribution >= 0.6 is 0 Å². The van der Waals surface area contributed by atoms with Crippen molar-refractivity contribution in [2.75, 3.05) is 13.2 Å². The van der Waals surface area contributed by atoms with Crippen LogP contribution in [0.15, 0.2) is 36.4 Å². The average Bonchev–Trinajstić information content (AvgIpc) is 2.55. The second-order valence-electron chi connectivity index (χ2n) is 6.25. The van der Waals surface area contributed by atoms with Gasteiger partial charge in [0.15, 0.2) is 5.78 Å². The smallest absolute Gasteiger partial charge is 0.331 e. The van der Waals surface area contributed by atoms with E-state index in [4.69, 9.17) is 14.2 Å². The van der Waals surface area contributed by atoms with Crippen LogP contribution < -0.4 is 4.74 Å². The van der Waals surface area contributed by atoms with Crippen LogP contribution in [0, 0.1) is 0 Å². The Balaban J connectivity index is 2.35. The summed E-state index contributed by atoms with van der Waals surface area (Å²) in [6.07, 6.45) is 1.73. The maximum Gasteiger partial charge on any atom is 0.331 e. The first-order chi connectivity index (χ1) is 12.1. The number of benzene rings is 1. The summed E-state index contributed by atoms with van der Waals surface area (Å²) >= 11 is 0. The highest BCUT2D eigenvalue weighted by Crippen LogP contribution is 2.17. The van der Waals surface area contributed by atoms with Crippen molar-refractivity contribution in [1.29, 1.82) is 0 Å². The molecule has 0 aliphatic heterocycles. The Bertz CT molecular complexity index is 651. The molecule has 0 bridgehead atoms. The molecule has 0 amide bonds. The highest BCUT2D eigenvalue weighted by atomic mass is 16.6. The van der Waals surface area contributed by atoms with Gasteiger partial charge in [0.1, 0.15) is 24.6 Å². The quantitative estimate of drug-likeness (QED) is 0.310. The van der Waals surface area contributed by atoms with E-state index in [2.05, 4.69) is 0 Å². The molecule has 7 nitrogen and oxygen atoms in total. The maximum absolute atomic E-state index is 11.9. The van der Waals surface area contributed by atoms with E-state index in [-0.39, 0.29) is 25.1 Å². The zero-order valence-electron chi connectivity index (χ0n) is 15.4. The van der Waals surface area contributed by atoms with Crippen molar-refractivity contribution in [3.05, 3.63) is 42.0 Å². The summed E-state index contributed by atoms with van der Waals surface area (Å²) in [6.45, 7) is 6.35. The summed E-state index contributed by atoms with van der Waals surface area (Å²) in [5.41, 5.74) is -1.07. The van der Waals surface area contributed by atoms with Gasteiger partial charge in [-0.3, -0.25) is 4.79 Å². The molecule has 0 atom stereocenters. The van der Waals surface area contributed by atoms with E-state index in [1.807, 2.05) is 0 Å². The molecule has 0 heterocycles. The van der Waals surface area contributed by atoms with Crippen molar-refractivity contribution in [3.8, 4) is 5.75 Å². The van der Waals surface area contributed by atoms with Gasteiger partial charge in [0.05, 0.1) is 6.10 Å². The van der Waals surface area contributed by atoms with Gasteiger partial charge in [-0.05, 0) is 52.0 Å². The highest BCUT2D eigenvalue weighted by Gasteiger charge is 2.24. The predicted octanol–water partition coefficient (Wildman–Crippen LogP) is 2.07. The molecule has 1 aromatic rings. The predicted molar refractivity (Wildman–Crippen MR) is 93.9 cm³/mol. The van der Waals surface area contributed by atoms with E-state index >= 15 is 0 Å². The van der Waals surface area contributed by atoms with E-state index in [0.717, 1.165) is 12.2 Å². The molecular formula is C19H24O7. The van der Waals surface area contributed by atoms with Crippen LogP contribution in [0.5, 0.6) is 5.75 Å². The summed E-state index contributed by atoms with van der Waals surface area (Å²) in [4.78, 5) is 34.5. The SMILES string of the molecule is CC(C)OC(=O)/C=C/C(=O)OCCOc1ccc(C(=O)C(C)(C)O)cc1. The van der Waals surface area contributed by atoms with Gasteiger partial charge < -0.3 is 19.3 Å². The lowest BCUT2D eigenvalue weighted by Gasteiger charge is -2.15. The third kappa shape index (κ3) is 7.94. The molecule has 142 valence electrons. The van der Waals surface area contributed by atoms with Crippen molar-refractivity contribution in [3.63, 3.8) is 0 Å². The molecule has 7 heteroatoms.